The lowest BCUT2D eigenvalue weighted by molar-refractivity contribution is -0.116. The summed E-state index contributed by atoms with van der Waals surface area (Å²) in [6.07, 6.45) is 2.87. The summed E-state index contributed by atoms with van der Waals surface area (Å²) in [7, 11) is 0. The van der Waals surface area contributed by atoms with Crippen LogP contribution >= 0.6 is 0 Å². The van der Waals surface area contributed by atoms with Gasteiger partial charge in [-0.15, -0.1) is 0 Å². The molecule has 0 spiro atoms. The van der Waals surface area contributed by atoms with Gasteiger partial charge in [0.1, 0.15) is 0 Å². The molecule has 0 unspecified atom stereocenters. The van der Waals surface area contributed by atoms with Crippen molar-refractivity contribution in [1.29, 1.82) is 0 Å². The average Bonchev–Trinajstić information content (AvgIpc) is 2.32. The molecule has 1 aromatic rings. The molecule has 0 bridgehead atoms. The zero-order chi connectivity index (χ0) is 12.5. The molecule has 0 aliphatic heterocycles. The van der Waals surface area contributed by atoms with E-state index >= 15 is 0 Å². The van der Waals surface area contributed by atoms with E-state index < -0.39 is 0 Å². The molecule has 3 heteroatoms. The number of benzene rings is 1. The second kappa shape index (κ2) is 7.85. The van der Waals surface area contributed by atoms with E-state index in [9.17, 15) is 4.79 Å². The maximum Gasteiger partial charge on any atom is 0.225 e. The van der Waals surface area contributed by atoms with Gasteiger partial charge in [0, 0.05) is 18.7 Å². The fourth-order valence-corrected chi connectivity index (χ4v) is 1.49. The van der Waals surface area contributed by atoms with Crippen molar-refractivity contribution in [3.05, 3.63) is 29.8 Å². The molecule has 0 atom stereocenters. The van der Waals surface area contributed by atoms with Gasteiger partial charge >= 0.3 is 0 Å². The van der Waals surface area contributed by atoms with E-state index in [0.717, 1.165) is 18.8 Å². The van der Waals surface area contributed by atoms with Gasteiger partial charge in [-0.3, -0.25) is 4.79 Å². The lowest BCUT2D eigenvalue weighted by Crippen LogP contribution is -2.22. The smallest absolute Gasteiger partial charge is 0.225 e. The van der Waals surface area contributed by atoms with Crippen molar-refractivity contribution in [3.63, 3.8) is 0 Å². The highest BCUT2D eigenvalue weighted by atomic mass is 16.1. The number of hydrogen-bond acceptors (Lipinski definition) is 2. The topological polar surface area (TPSA) is 41.1 Å². The van der Waals surface area contributed by atoms with Gasteiger partial charge in [0.15, 0.2) is 0 Å². The third kappa shape index (κ3) is 6.07. The molecule has 1 rings (SSSR count). The fourth-order valence-electron chi connectivity index (χ4n) is 1.49. The predicted molar refractivity (Wildman–Crippen MR) is 72.2 cm³/mol. The molecule has 0 aliphatic rings. The molecule has 0 aromatic heterocycles. The molecule has 0 aliphatic carbocycles. The van der Waals surface area contributed by atoms with Crippen LogP contribution in [0, 0.1) is 6.92 Å². The maximum absolute atomic E-state index is 11.6. The van der Waals surface area contributed by atoms with Crippen molar-refractivity contribution in [2.45, 2.75) is 33.1 Å². The highest BCUT2D eigenvalue weighted by Crippen LogP contribution is 2.08. The van der Waals surface area contributed by atoms with E-state index in [1.807, 2.05) is 31.2 Å². The first kappa shape index (κ1) is 13.7. The number of amides is 1. The van der Waals surface area contributed by atoms with E-state index in [2.05, 4.69) is 17.6 Å². The first-order chi connectivity index (χ1) is 8.22. The monoisotopic (exact) mass is 234 g/mol. The lowest BCUT2D eigenvalue weighted by Gasteiger charge is -2.06. The van der Waals surface area contributed by atoms with Crippen molar-refractivity contribution < 1.29 is 4.79 Å². The molecule has 1 amide bonds. The second-order valence-electron chi connectivity index (χ2n) is 4.27. The first-order valence-electron chi connectivity index (χ1n) is 6.29. The summed E-state index contributed by atoms with van der Waals surface area (Å²) in [5.41, 5.74) is 2.07. The standard InChI is InChI=1S/C14H22N2O/c1-3-4-10-15-11-9-14(17)16-13-7-5-12(2)6-8-13/h5-8,15H,3-4,9-11H2,1-2H3,(H,16,17). The minimum atomic E-state index is 0.0675. The number of unbranched alkanes of at least 4 members (excludes halogenated alkanes) is 1. The normalized spacial score (nSPS) is 10.2. The Hall–Kier alpha value is -1.35. The second-order valence-corrected chi connectivity index (χ2v) is 4.27. The largest absolute Gasteiger partial charge is 0.326 e. The maximum atomic E-state index is 11.6. The summed E-state index contributed by atoms with van der Waals surface area (Å²) in [5, 5.41) is 6.13. The van der Waals surface area contributed by atoms with Crippen LogP contribution in [0.2, 0.25) is 0 Å². The van der Waals surface area contributed by atoms with Gasteiger partial charge in [-0.1, -0.05) is 31.0 Å². The summed E-state index contributed by atoms with van der Waals surface area (Å²) < 4.78 is 0. The Kier molecular flexibility index (Phi) is 6.33. The summed E-state index contributed by atoms with van der Waals surface area (Å²) in [5.74, 6) is 0.0675. The van der Waals surface area contributed by atoms with Gasteiger partial charge < -0.3 is 10.6 Å². The van der Waals surface area contributed by atoms with E-state index in [4.69, 9.17) is 0 Å². The number of nitrogens with one attached hydrogen (secondary N) is 2. The van der Waals surface area contributed by atoms with Crippen LogP contribution in [0.1, 0.15) is 31.7 Å². The van der Waals surface area contributed by atoms with Crippen LogP contribution in [0.4, 0.5) is 5.69 Å². The highest BCUT2D eigenvalue weighted by Gasteiger charge is 2.01. The number of hydrogen-bond donors (Lipinski definition) is 2. The Morgan fingerprint density at radius 2 is 1.88 bits per heavy atom. The Balaban J connectivity index is 2.18. The van der Waals surface area contributed by atoms with Crippen LogP contribution in [-0.2, 0) is 4.79 Å². The molecular formula is C14H22N2O. The van der Waals surface area contributed by atoms with Crippen LogP contribution < -0.4 is 10.6 Å². The lowest BCUT2D eigenvalue weighted by atomic mass is 10.2. The van der Waals surface area contributed by atoms with Crippen LogP contribution in [-0.4, -0.2) is 19.0 Å². The van der Waals surface area contributed by atoms with Gasteiger partial charge in [0.2, 0.25) is 5.91 Å². The fraction of sp³-hybridized carbons (Fsp3) is 0.500. The van der Waals surface area contributed by atoms with Gasteiger partial charge in [0.05, 0.1) is 0 Å². The van der Waals surface area contributed by atoms with Crippen molar-refractivity contribution in [3.8, 4) is 0 Å². The molecule has 1 aromatic carbocycles. The predicted octanol–water partition coefficient (Wildman–Crippen LogP) is 2.71. The molecule has 3 nitrogen and oxygen atoms in total. The molecule has 0 saturated heterocycles. The average molecular weight is 234 g/mol. The van der Waals surface area contributed by atoms with E-state index in [1.165, 1.54) is 18.4 Å². The van der Waals surface area contributed by atoms with Crippen molar-refractivity contribution >= 4 is 11.6 Å². The number of carbonyl (C=O) groups is 1. The zero-order valence-corrected chi connectivity index (χ0v) is 10.8. The third-order valence-corrected chi connectivity index (χ3v) is 2.57. The number of aryl methyl sites for hydroxylation is 1. The number of rotatable bonds is 7. The van der Waals surface area contributed by atoms with Gasteiger partial charge in [-0.2, -0.15) is 0 Å². The molecule has 0 radical (unpaired) electrons. The summed E-state index contributed by atoms with van der Waals surface area (Å²) in [4.78, 5) is 11.6. The van der Waals surface area contributed by atoms with Crippen LogP contribution in [0.5, 0.6) is 0 Å². The minimum absolute atomic E-state index is 0.0675. The number of carbonyl (C=O) groups excluding carboxylic acids is 1. The molecular weight excluding hydrogens is 212 g/mol. The first-order valence-corrected chi connectivity index (χ1v) is 6.29. The van der Waals surface area contributed by atoms with Crippen molar-refractivity contribution in [2.24, 2.45) is 0 Å². The summed E-state index contributed by atoms with van der Waals surface area (Å²) in [6, 6.07) is 7.85. The Morgan fingerprint density at radius 3 is 2.53 bits per heavy atom. The molecule has 94 valence electrons. The quantitative estimate of drug-likeness (QED) is 0.712. The van der Waals surface area contributed by atoms with Gasteiger partial charge in [-0.25, -0.2) is 0 Å². The molecule has 0 fully saturated rings. The van der Waals surface area contributed by atoms with Crippen LogP contribution in [0.3, 0.4) is 0 Å². The van der Waals surface area contributed by atoms with Crippen LogP contribution in [0.15, 0.2) is 24.3 Å². The van der Waals surface area contributed by atoms with E-state index in [-0.39, 0.29) is 5.91 Å². The Labute approximate surface area is 104 Å². The third-order valence-electron chi connectivity index (χ3n) is 2.57. The zero-order valence-electron chi connectivity index (χ0n) is 10.8. The minimum Gasteiger partial charge on any atom is -0.326 e. The van der Waals surface area contributed by atoms with Crippen molar-refractivity contribution in [1.82, 2.24) is 5.32 Å². The molecule has 2 N–H and O–H groups in total. The molecule has 0 heterocycles. The number of anilines is 1. The summed E-state index contributed by atoms with van der Waals surface area (Å²) in [6.45, 7) is 5.93. The Bertz CT molecular complexity index is 333. The van der Waals surface area contributed by atoms with Gasteiger partial charge in [0.25, 0.3) is 0 Å². The van der Waals surface area contributed by atoms with Crippen molar-refractivity contribution in [2.75, 3.05) is 18.4 Å². The van der Waals surface area contributed by atoms with Gasteiger partial charge in [-0.05, 0) is 32.0 Å². The molecule has 17 heavy (non-hydrogen) atoms. The molecule has 0 saturated carbocycles. The highest BCUT2D eigenvalue weighted by molar-refractivity contribution is 5.90. The SMILES string of the molecule is CCCCNCCC(=O)Nc1ccc(C)cc1. The van der Waals surface area contributed by atoms with E-state index in [1.54, 1.807) is 0 Å². The van der Waals surface area contributed by atoms with E-state index in [0.29, 0.717) is 6.42 Å². The van der Waals surface area contributed by atoms with Crippen LogP contribution in [0.25, 0.3) is 0 Å². The Morgan fingerprint density at radius 1 is 1.18 bits per heavy atom. The summed E-state index contributed by atoms with van der Waals surface area (Å²) >= 11 is 0.